The summed E-state index contributed by atoms with van der Waals surface area (Å²) < 4.78 is 31.9. The number of carboxylic acid groups (broad SMARTS) is 1. The van der Waals surface area contributed by atoms with Gasteiger partial charge in [-0.3, -0.25) is 14.9 Å². The van der Waals surface area contributed by atoms with Gasteiger partial charge in [0.05, 0.1) is 24.0 Å². The maximum absolute atomic E-state index is 12.9. The van der Waals surface area contributed by atoms with Crippen molar-refractivity contribution in [2.75, 3.05) is 13.7 Å². The van der Waals surface area contributed by atoms with E-state index in [4.69, 9.17) is 4.74 Å². The van der Waals surface area contributed by atoms with Gasteiger partial charge in [-0.25, -0.2) is 8.42 Å². The van der Waals surface area contributed by atoms with E-state index in [1.807, 2.05) is 0 Å². The van der Waals surface area contributed by atoms with E-state index in [9.17, 15) is 28.4 Å². The molecule has 1 aliphatic rings. The molecule has 24 heavy (non-hydrogen) atoms. The van der Waals surface area contributed by atoms with Crippen LogP contribution >= 0.6 is 0 Å². The number of sulfonamides is 1. The number of methoxy groups -OCH3 is 1. The van der Waals surface area contributed by atoms with Crippen molar-refractivity contribution in [3.8, 4) is 5.75 Å². The molecule has 0 amide bonds. The van der Waals surface area contributed by atoms with E-state index in [1.165, 1.54) is 7.11 Å². The number of ether oxygens (including phenoxy) is 1. The molecule has 0 aliphatic carbocycles. The Morgan fingerprint density at radius 1 is 1.46 bits per heavy atom. The number of rotatable bonds is 5. The minimum absolute atomic E-state index is 0.145. The van der Waals surface area contributed by atoms with Crippen molar-refractivity contribution < 1.29 is 28.0 Å². The Bertz CT molecular complexity index is 762. The minimum atomic E-state index is -4.04. The summed E-state index contributed by atoms with van der Waals surface area (Å²) in [7, 11) is -2.82. The molecule has 0 aromatic heterocycles. The van der Waals surface area contributed by atoms with Crippen LogP contribution in [-0.4, -0.2) is 48.4 Å². The van der Waals surface area contributed by atoms with Crippen LogP contribution in [0.2, 0.25) is 0 Å². The molecule has 0 spiro atoms. The fourth-order valence-electron chi connectivity index (χ4n) is 2.89. The van der Waals surface area contributed by atoms with Crippen LogP contribution in [0.25, 0.3) is 0 Å². The molecule has 1 heterocycles. The number of carbonyl (C=O) groups is 1. The largest absolute Gasteiger partial charge is 0.495 e. The molecule has 1 N–H and O–H groups in total. The number of nitro benzene ring substituents is 1. The van der Waals surface area contributed by atoms with Crippen molar-refractivity contribution in [2.24, 2.45) is 5.92 Å². The Morgan fingerprint density at radius 3 is 2.67 bits per heavy atom. The van der Waals surface area contributed by atoms with Gasteiger partial charge in [-0.05, 0) is 25.8 Å². The lowest BCUT2D eigenvalue weighted by Gasteiger charge is -2.36. The Balaban J connectivity index is 2.46. The highest BCUT2D eigenvalue weighted by atomic mass is 32.2. The molecule has 0 radical (unpaired) electrons. The van der Waals surface area contributed by atoms with E-state index in [2.05, 4.69) is 0 Å². The number of hydrogen-bond donors (Lipinski definition) is 1. The standard InChI is InChI=1S/C14H18N2O7S/c1-9-11(14(17)18)4-3-7-15(9)24(21,22)13-6-5-10(16(19)20)8-12(13)23-2/h5-6,8-9,11H,3-4,7H2,1-2H3,(H,17,18)/t9-,11-/m0/s1. The maximum atomic E-state index is 12.9. The highest BCUT2D eigenvalue weighted by Gasteiger charge is 2.40. The van der Waals surface area contributed by atoms with Gasteiger partial charge in [0.25, 0.3) is 5.69 Å². The first kappa shape index (κ1) is 18.1. The number of carboxylic acids is 1. The van der Waals surface area contributed by atoms with Gasteiger partial charge >= 0.3 is 5.97 Å². The minimum Gasteiger partial charge on any atom is -0.495 e. The summed E-state index contributed by atoms with van der Waals surface area (Å²) in [6, 6.07) is 2.51. The molecule has 1 aromatic rings. The van der Waals surface area contributed by atoms with Gasteiger partial charge < -0.3 is 9.84 Å². The van der Waals surface area contributed by atoms with E-state index < -0.39 is 32.9 Å². The summed E-state index contributed by atoms with van der Waals surface area (Å²) in [5.41, 5.74) is -0.291. The number of benzene rings is 1. The van der Waals surface area contributed by atoms with Crippen LogP contribution in [-0.2, 0) is 14.8 Å². The van der Waals surface area contributed by atoms with Gasteiger partial charge in [0.1, 0.15) is 10.6 Å². The van der Waals surface area contributed by atoms with Crippen molar-refractivity contribution >= 4 is 21.7 Å². The zero-order chi connectivity index (χ0) is 18.1. The summed E-state index contributed by atoms with van der Waals surface area (Å²) in [5.74, 6) is -1.98. The number of aliphatic carboxylic acids is 1. The fourth-order valence-corrected chi connectivity index (χ4v) is 4.73. The third-order valence-corrected chi connectivity index (χ3v) is 6.22. The Labute approximate surface area is 139 Å². The van der Waals surface area contributed by atoms with Gasteiger partial charge in [-0.15, -0.1) is 0 Å². The van der Waals surface area contributed by atoms with Crippen LogP contribution < -0.4 is 4.74 Å². The molecule has 10 heteroatoms. The first-order valence-corrected chi connectivity index (χ1v) is 8.71. The first-order chi connectivity index (χ1) is 11.2. The van der Waals surface area contributed by atoms with Crippen LogP contribution in [0.15, 0.2) is 23.1 Å². The smallest absolute Gasteiger partial charge is 0.308 e. The topological polar surface area (TPSA) is 127 Å². The highest BCUT2D eigenvalue weighted by molar-refractivity contribution is 7.89. The number of nitro groups is 1. The lowest BCUT2D eigenvalue weighted by molar-refractivity contribution is -0.385. The average Bonchev–Trinajstić information content (AvgIpc) is 2.53. The second kappa shape index (κ2) is 6.73. The van der Waals surface area contributed by atoms with Crippen molar-refractivity contribution in [1.29, 1.82) is 0 Å². The second-order valence-corrected chi connectivity index (χ2v) is 7.39. The van der Waals surface area contributed by atoms with Gasteiger partial charge in [-0.1, -0.05) is 0 Å². The van der Waals surface area contributed by atoms with E-state index >= 15 is 0 Å². The van der Waals surface area contributed by atoms with Crippen LogP contribution in [0, 0.1) is 16.0 Å². The molecule has 1 saturated heterocycles. The summed E-state index contributed by atoms with van der Waals surface area (Å²) in [5, 5.41) is 20.1. The van der Waals surface area contributed by atoms with E-state index in [1.54, 1.807) is 6.92 Å². The lowest BCUT2D eigenvalue weighted by Crippen LogP contribution is -2.49. The fraction of sp³-hybridized carbons (Fsp3) is 0.500. The summed E-state index contributed by atoms with van der Waals surface area (Å²) in [6.45, 7) is 1.74. The number of piperidine rings is 1. The van der Waals surface area contributed by atoms with Crippen molar-refractivity contribution in [3.05, 3.63) is 28.3 Å². The van der Waals surface area contributed by atoms with Gasteiger partial charge in [0.2, 0.25) is 10.0 Å². The van der Waals surface area contributed by atoms with Crippen LogP contribution in [0.1, 0.15) is 19.8 Å². The molecule has 132 valence electrons. The van der Waals surface area contributed by atoms with E-state index in [0.29, 0.717) is 12.8 Å². The van der Waals surface area contributed by atoms with Crippen LogP contribution in [0.3, 0.4) is 0 Å². The summed E-state index contributed by atoms with van der Waals surface area (Å²) in [6.07, 6.45) is 0.829. The van der Waals surface area contributed by atoms with Gasteiger partial charge in [0.15, 0.2) is 0 Å². The predicted molar refractivity (Wildman–Crippen MR) is 83.4 cm³/mol. The van der Waals surface area contributed by atoms with Crippen molar-refractivity contribution in [3.63, 3.8) is 0 Å². The van der Waals surface area contributed by atoms with Crippen molar-refractivity contribution in [2.45, 2.75) is 30.7 Å². The SMILES string of the molecule is COc1cc([N+](=O)[O-])ccc1S(=O)(=O)N1CCC[C@H](C(=O)O)[C@@H]1C. The lowest BCUT2D eigenvalue weighted by atomic mass is 9.92. The zero-order valence-corrected chi connectivity index (χ0v) is 14.0. The number of hydrogen-bond acceptors (Lipinski definition) is 6. The second-order valence-electron chi connectivity index (χ2n) is 5.54. The summed E-state index contributed by atoms with van der Waals surface area (Å²) >= 11 is 0. The predicted octanol–water partition coefficient (Wildman–Crippen LogP) is 1.48. The highest BCUT2D eigenvalue weighted by Crippen LogP contribution is 2.34. The molecule has 0 saturated carbocycles. The molecule has 2 atom stereocenters. The molecule has 0 bridgehead atoms. The molecular formula is C14H18N2O7S. The Kier molecular flexibility index (Phi) is 5.09. The molecule has 1 aliphatic heterocycles. The molecule has 1 fully saturated rings. The molecule has 9 nitrogen and oxygen atoms in total. The average molecular weight is 358 g/mol. The normalized spacial score (nSPS) is 22.1. The third kappa shape index (κ3) is 3.20. The Morgan fingerprint density at radius 2 is 2.12 bits per heavy atom. The molecule has 0 unspecified atom stereocenters. The Hall–Kier alpha value is -2.20. The maximum Gasteiger partial charge on any atom is 0.308 e. The molecule has 2 rings (SSSR count). The monoisotopic (exact) mass is 358 g/mol. The van der Waals surface area contributed by atoms with Gasteiger partial charge in [0, 0.05) is 18.7 Å². The van der Waals surface area contributed by atoms with Gasteiger partial charge in [-0.2, -0.15) is 4.31 Å². The molecule has 1 aromatic carbocycles. The third-order valence-electron chi connectivity index (χ3n) is 4.19. The first-order valence-electron chi connectivity index (χ1n) is 7.27. The van der Waals surface area contributed by atoms with Crippen LogP contribution in [0.5, 0.6) is 5.75 Å². The number of non-ortho nitro benzene ring substituents is 1. The van der Waals surface area contributed by atoms with E-state index in [-0.39, 0.29) is 22.9 Å². The van der Waals surface area contributed by atoms with Crippen molar-refractivity contribution in [1.82, 2.24) is 4.31 Å². The zero-order valence-electron chi connectivity index (χ0n) is 13.2. The van der Waals surface area contributed by atoms with Crippen LogP contribution in [0.4, 0.5) is 5.69 Å². The molecular weight excluding hydrogens is 340 g/mol. The van der Waals surface area contributed by atoms with E-state index in [0.717, 1.165) is 22.5 Å². The quantitative estimate of drug-likeness (QED) is 0.623. The summed E-state index contributed by atoms with van der Waals surface area (Å²) in [4.78, 5) is 21.3. The number of nitrogens with zero attached hydrogens (tertiary/aromatic N) is 2.